The third-order valence-electron chi connectivity index (χ3n) is 2.93. The van der Waals surface area contributed by atoms with Crippen LogP contribution in [-0.4, -0.2) is 29.0 Å². The van der Waals surface area contributed by atoms with E-state index in [2.05, 4.69) is 29.5 Å². The molecule has 0 aliphatic heterocycles. The summed E-state index contributed by atoms with van der Waals surface area (Å²) in [4.78, 5) is 15.1. The van der Waals surface area contributed by atoms with Crippen LogP contribution < -0.4 is 10.6 Å². The number of anilines is 1. The Morgan fingerprint density at radius 1 is 1.30 bits per heavy atom. The zero-order chi connectivity index (χ0) is 14.5. The Labute approximate surface area is 117 Å². The summed E-state index contributed by atoms with van der Waals surface area (Å²) >= 11 is 0. The zero-order valence-electron chi connectivity index (χ0n) is 11.6. The summed E-state index contributed by atoms with van der Waals surface area (Å²) in [5, 5.41) is 18.2. The predicted molar refractivity (Wildman–Crippen MR) is 80.0 cm³/mol. The number of aromatic nitrogens is 1. The first kappa shape index (κ1) is 14.2. The smallest absolute Gasteiger partial charge is 0.301 e. The van der Waals surface area contributed by atoms with Crippen LogP contribution in [0.4, 0.5) is 11.4 Å². The molecule has 0 spiro atoms. The van der Waals surface area contributed by atoms with Crippen LogP contribution in [0.1, 0.15) is 13.8 Å². The van der Waals surface area contributed by atoms with Crippen molar-refractivity contribution in [3.8, 4) is 0 Å². The number of hydrogen-bond acceptors (Lipinski definition) is 5. The highest BCUT2D eigenvalue weighted by molar-refractivity contribution is 5.94. The number of rotatable bonds is 6. The van der Waals surface area contributed by atoms with Crippen LogP contribution in [-0.2, 0) is 0 Å². The fourth-order valence-corrected chi connectivity index (χ4v) is 2.03. The fourth-order valence-electron chi connectivity index (χ4n) is 2.03. The van der Waals surface area contributed by atoms with E-state index in [1.54, 1.807) is 30.5 Å². The molecular formula is C14H18N4O2. The van der Waals surface area contributed by atoms with Gasteiger partial charge in [-0.15, -0.1) is 0 Å². The molecule has 6 heteroatoms. The van der Waals surface area contributed by atoms with E-state index in [0.717, 1.165) is 6.54 Å². The van der Waals surface area contributed by atoms with Crippen LogP contribution in [0.5, 0.6) is 0 Å². The van der Waals surface area contributed by atoms with E-state index in [1.807, 2.05) is 0 Å². The molecule has 0 aliphatic rings. The maximum atomic E-state index is 11.3. The van der Waals surface area contributed by atoms with Crippen molar-refractivity contribution in [1.82, 2.24) is 10.3 Å². The molecule has 1 aromatic carbocycles. The van der Waals surface area contributed by atoms with E-state index in [-0.39, 0.29) is 10.6 Å². The van der Waals surface area contributed by atoms with E-state index < -0.39 is 0 Å². The van der Waals surface area contributed by atoms with Gasteiger partial charge in [0, 0.05) is 25.3 Å². The minimum atomic E-state index is -0.359. The Morgan fingerprint density at radius 2 is 2.10 bits per heavy atom. The van der Waals surface area contributed by atoms with Gasteiger partial charge in [-0.25, -0.2) is 0 Å². The molecule has 1 aromatic heterocycles. The van der Waals surface area contributed by atoms with E-state index >= 15 is 0 Å². The van der Waals surface area contributed by atoms with E-state index in [0.29, 0.717) is 29.2 Å². The van der Waals surface area contributed by atoms with Gasteiger partial charge in [0.05, 0.1) is 15.8 Å². The van der Waals surface area contributed by atoms with E-state index in [4.69, 9.17) is 0 Å². The lowest BCUT2D eigenvalue weighted by molar-refractivity contribution is -0.382. The largest absolute Gasteiger partial charge is 0.378 e. The molecule has 6 nitrogen and oxygen atoms in total. The number of nitrogens with zero attached hydrogens (tertiary/aromatic N) is 2. The minimum Gasteiger partial charge on any atom is -0.378 e. The van der Waals surface area contributed by atoms with E-state index in [1.165, 1.54) is 0 Å². The summed E-state index contributed by atoms with van der Waals surface area (Å²) in [5.74, 6) is 0. The quantitative estimate of drug-likeness (QED) is 0.480. The molecule has 106 valence electrons. The number of benzene rings is 1. The molecule has 0 amide bonds. The maximum absolute atomic E-state index is 11.3. The molecule has 20 heavy (non-hydrogen) atoms. The van der Waals surface area contributed by atoms with E-state index in [9.17, 15) is 10.1 Å². The Balaban J connectivity index is 2.24. The Morgan fingerprint density at radius 3 is 2.80 bits per heavy atom. The number of fused-ring (bicyclic) bond motifs is 1. The molecule has 0 radical (unpaired) electrons. The van der Waals surface area contributed by atoms with Gasteiger partial charge in [0.25, 0.3) is 0 Å². The van der Waals surface area contributed by atoms with Gasteiger partial charge < -0.3 is 10.6 Å². The van der Waals surface area contributed by atoms with Gasteiger partial charge in [-0.05, 0) is 24.3 Å². The molecule has 0 aliphatic carbocycles. The van der Waals surface area contributed by atoms with Crippen molar-refractivity contribution < 1.29 is 4.92 Å². The average molecular weight is 274 g/mol. The Kier molecular flexibility index (Phi) is 4.47. The zero-order valence-corrected chi connectivity index (χ0v) is 11.6. The lowest BCUT2D eigenvalue weighted by Crippen LogP contribution is -2.28. The molecule has 2 aromatic rings. The van der Waals surface area contributed by atoms with Gasteiger partial charge in [-0.2, -0.15) is 0 Å². The first-order valence-electron chi connectivity index (χ1n) is 6.59. The first-order chi connectivity index (χ1) is 9.59. The molecule has 0 saturated heterocycles. The topological polar surface area (TPSA) is 80.1 Å². The number of pyridine rings is 1. The van der Waals surface area contributed by atoms with Crippen molar-refractivity contribution in [2.24, 2.45) is 0 Å². The molecule has 0 saturated carbocycles. The highest BCUT2D eigenvalue weighted by atomic mass is 16.6. The molecule has 0 unspecified atom stereocenters. The SMILES string of the molecule is CC(C)NCCNc1ccc2ncccc2c1[N+](=O)[O-]. The average Bonchev–Trinajstić information content (AvgIpc) is 2.42. The summed E-state index contributed by atoms with van der Waals surface area (Å²) in [6.07, 6.45) is 1.63. The normalized spacial score (nSPS) is 10.9. The van der Waals surface area contributed by atoms with Crippen LogP contribution in [0.2, 0.25) is 0 Å². The van der Waals surface area contributed by atoms with Crippen molar-refractivity contribution in [3.05, 3.63) is 40.6 Å². The third kappa shape index (κ3) is 3.21. The Bertz CT molecular complexity index is 613. The second-order valence-corrected chi connectivity index (χ2v) is 4.82. The van der Waals surface area contributed by atoms with Gasteiger partial charge >= 0.3 is 5.69 Å². The van der Waals surface area contributed by atoms with Crippen molar-refractivity contribution in [3.63, 3.8) is 0 Å². The van der Waals surface area contributed by atoms with Gasteiger partial charge in [-0.3, -0.25) is 15.1 Å². The minimum absolute atomic E-state index is 0.0835. The van der Waals surface area contributed by atoms with Gasteiger partial charge in [0.1, 0.15) is 5.69 Å². The summed E-state index contributed by atoms with van der Waals surface area (Å²) in [6, 6.07) is 7.33. The molecule has 2 N–H and O–H groups in total. The van der Waals surface area contributed by atoms with Crippen molar-refractivity contribution in [2.45, 2.75) is 19.9 Å². The maximum Gasteiger partial charge on any atom is 0.301 e. The third-order valence-corrected chi connectivity index (χ3v) is 2.93. The summed E-state index contributed by atoms with van der Waals surface area (Å²) in [6.45, 7) is 5.50. The van der Waals surface area contributed by atoms with Crippen molar-refractivity contribution in [2.75, 3.05) is 18.4 Å². The van der Waals surface area contributed by atoms with Crippen LogP contribution >= 0.6 is 0 Å². The van der Waals surface area contributed by atoms with Crippen LogP contribution in [0.3, 0.4) is 0 Å². The fraction of sp³-hybridized carbons (Fsp3) is 0.357. The molecule has 0 atom stereocenters. The monoisotopic (exact) mass is 274 g/mol. The van der Waals surface area contributed by atoms with Crippen LogP contribution in [0.15, 0.2) is 30.5 Å². The molecule has 1 heterocycles. The highest BCUT2D eigenvalue weighted by Gasteiger charge is 2.18. The first-order valence-corrected chi connectivity index (χ1v) is 6.59. The lowest BCUT2D eigenvalue weighted by Gasteiger charge is -2.11. The Hall–Kier alpha value is -2.21. The van der Waals surface area contributed by atoms with Gasteiger partial charge in [0.15, 0.2) is 0 Å². The van der Waals surface area contributed by atoms with Crippen LogP contribution in [0.25, 0.3) is 10.9 Å². The predicted octanol–water partition coefficient (Wildman–Crippen LogP) is 2.55. The summed E-state index contributed by atoms with van der Waals surface area (Å²) in [5.41, 5.74) is 1.24. The lowest BCUT2D eigenvalue weighted by atomic mass is 10.1. The summed E-state index contributed by atoms with van der Waals surface area (Å²) in [7, 11) is 0. The van der Waals surface area contributed by atoms with Crippen LogP contribution in [0, 0.1) is 10.1 Å². The second-order valence-electron chi connectivity index (χ2n) is 4.82. The second kappa shape index (κ2) is 6.29. The molecular weight excluding hydrogens is 256 g/mol. The standard InChI is InChI=1S/C14H18N4O2/c1-10(2)15-8-9-17-13-6-5-12-11(4-3-7-16-12)14(13)18(19)20/h3-7,10,15,17H,8-9H2,1-2H3. The summed E-state index contributed by atoms with van der Waals surface area (Å²) < 4.78 is 0. The number of nitro benzene ring substituents is 1. The molecule has 0 fully saturated rings. The van der Waals surface area contributed by atoms with Gasteiger partial charge in [0.2, 0.25) is 0 Å². The van der Waals surface area contributed by atoms with Crippen molar-refractivity contribution >= 4 is 22.3 Å². The highest BCUT2D eigenvalue weighted by Crippen LogP contribution is 2.32. The molecule has 2 rings (SSSR count). The number of hydrogen-bond donors (Lipinski definition) is 2. The number of nitro groups is 1. The number of nitrogens with one attached hydrogen (secondary N) is 2. The van der Waals surface area contributed by atoms with Gasteiger partial charge in [-0.1, -0.05) is 13.8 Å². The van der Waals surface area contributed by atoms with Crippen molar-refractivity contribution in [1.29, 1.82) is 0 Å². The molecule has 0 bridgehead atoms.